The van der Waals surface area contributed by atoms with E-state index in [9.17, 15) is 9.18 Å². The largest absolute Gasteiger partial charge is 0.494 e. The normalized spacial score (nSPS) is 20.6. The van der Waals surface area contributed by atoms with Crippen molar-refractivity contribution < 1.29 is 13.9 Å². The van der Waals surface area contributed by atoms with Gasteiger partial charge in [0.2, 0.25) is 5.91 Å². The zero-order chi connectivity index (χ0) is 21.6. The summed E-state index contributed by atoms with van der Waals surface area (Å²) in [6.45, 7) is 4.32. The third-order valence-electron chi connectivity index (χ3n) is 6.45. The molecule has 2 aromatic carbocycles. The van der Waals surface area contributed by atoms with Crippen molar-refractivity contribution in [2.45, 2.75) is 50.9 Å². The number of carbonyl (C=O) groups excluding carboxylic acids is 1. The van der Waals surface area contributed by atoms with Crippen molar-refractivity contribution in [3.8, 4) is 5.75 Å². The van der Waals surface area contributed by atoms with Crippen LogP contribution in [0.15, 0.2) is 48.5 Å². The number of ether oxygens (including phenoxy) is 1. The topological polar surface area (TPSA) is 44.8 Å². The number of methoxy groups -OCH3 is 1. The highest BCUT2D eigenvalue weighted by Crippen LogP contribution is 2.22. The molecule has 31 heavy (non-hydrogen) atoms. The molecule has 1 unspecified atom stereocenters. The minimum Gasteiger partial charge on any atom is -0.494 e. The van der Waals surface area contributed by atoms with Gasteiger partial charge in [-0.25, -0.2) is 4.39 Å². The number of benzene rings is 2. The van der Waals surface area contributed by atoms with Crippen LogP contribution in [-0.4, -0.2) is 54.5 Å². The third kappa shape index (κ3) is 5.63. The smallest absolute Gasteiger partial charge is 0.237 e. The van der Waals surface area contributed by atoms with Crippen LogP contribution in [-0.2, 0) is 17.9 Å². The Morgan fingerprint density at radius 2 is 1.81 bits per heavy atom. The van der Waals surface area contributed by atoms with Gasteiger partial charge < -0.3 is 10.1 Å². The Morgan fingerprint density at radius 1 is 1.03 bits per heavy atom. The summed E-state index contributed by atoms with van der Waals surface area (Å²) in [5, 5.41) is 3.30. The summed E-state index contributed by atoms with van der Waals surface area (Å²) in [5.74, 6) is 0.126. The van der Waals surface area contributed by atoms with E-state index in [2.05, 4.69) is 39.4 Å². The zero-order valence-electron chi connectivity index (χ0n) is 18.2. The van der Waals surface area contributed by atoms with E-state index in [1.54, 1.807) is 12.1 Å². The number of carbonyl (C=O) groups is 1. The zero-order valence-corrected chi connectivity index (χ0v) is 18.2. The van der Waals surface area contributed by atoms with Gasteiger partial charge in [0.05, 0.1) is 13.2 Å². The molecule has 0 spiro atoms. The number of likely N-dealkylation sites (tertiary alicyclic amines) is 2. The molecule has 0 radical (unpaired) electrons. The first-order chi connectivity index (χ1) is 15.1. The Balaban J connectivity index is 1.24. The van der Waals surface area contributed by atoms with E-state index in [1.807, 2.05) is 12.1 Å². The summed E-state index contributed by atoms with van der Waals surface area (Å²) >= 11 is 0. The fourth-order valence-corrected chi connectivity index (χ4v) is 4.73. The summed E-state index contributed by atoms with van der Waals surface area (Å²) in [6.07, 6.45) is 3.86. The molecule has 1 atom stereocenters. The molecule has 0 aromatic heterocycles. The quantitative estimate of drug-likeness (QED) is 0.737. The van der Waals surface area contributed by atoms with Crippen molar-refractivity contribution in [1.82, 2.24) is 15.1 Å². The summed E-state index contributed by atoms with van der Waals surface area (Å²) in [7, 11) is 1.48. The first kappa shape index (κ1) is 21.8. The van der Waals surface area contributed by atoms with Crippen molar-refractivity contribution in [3.63, 3.8) is 0 Å². The monoisotopic (exact) mass is 425 g/mol. The molecule has 166 valence electrons. The van der Waals surface area contributed by atoms with E-state index in [4.69, 9.17) is 4.74 Å². The molecule has 2 saturated heterocycles. The number of piperidine rings is 1. The SMILES string of the molecule is COc1ccc(CN2CCC(NC(=O)C3CCCN3Cc3ccccc3)CC2)cc1F. The molecule has 2 heterocycles. The van der Waals surface area contributed by atoms with Crippen molar-refractivity contribution in [2.75, 3.05) is 26.7 Å². The van der Waals surface area contributed by atoms with Gasteiger partial charge in [-0.15, -0.1) is 0 Å². The van der Waals surface area contributed by atoms with Gasteiger partial charge in [0.15, 0.2) is 11.6 Å². The van der Waals surface area contributed by atoms with Crippen LogP contribution in [0.4, 0.5) is 4.39 Å². The highest BCUT2D eigenvalue weighted by atomic mass is 19.1. The molecule has 1 amide bonds. The number of hydrogen-bond donors (Lipinski definition) is 1. The van der Waals surface area contributed by atoms with Gasteiger partial charge in [0.25, 0.3) is 0 Å². The molecule has 4 rings (SSSR count). The average Bonchev–Trinajstić information content (AvgIpc) is 3.24. The Bertz CT molecular complexity index is 868. The highest BCUT2D eigenvalue weighted by Gasteiger charge is 2.32. The van der Waals surface area contributed by atoms with Gasteiger partial charge in [-0.1, -0.05) is 36.4 Å². The maximum absolute atomic E-state index is 13.9. The second-order valence-electron chi connectivity index (χ2n) is 8.64. The molecule has 0 saturated carbocycles. The van der Waals surface area contributed by atoms with E-state index in [0.29, 0.717) is 0 Å². The maximum atomic E-state index is 13.9. The van der Waals surface area contributed by atoms with E-state index < -0.39 is 0 Å². The number of nitrogens with zero attached hydrogens (tertiary/aromatic N) is 2. The number of halogens is 1. The van der Waals surface area contributed by atoms with Gasteiger partial charge in [-0.05, 0) is 55.5 Å². The van der Waals surface area contributed by atoms with Gasteiger partial charge in [0.1, 0.15) is 0 Å². The fourth-order valence-electron chi connectivity index (χ4n) is 4.73. The van der Waals surface area contributed by atoms with Crippen LogP contribution in [0, 0.1) is 5.82 Å². The van der Waals surface area contributed by atoms with Crippen LogP contribution in [0.2, 0.25) is 0 Å². The predicted octanol–water partition coefficient (Wildman–Crippen LogP) is 3.58. The second-order valence-corrected chi connectivity index (χ2v) is 8.64. The average molecular weight is 426 g/mol. The molecule has 0 aliphatic carbocycles. The van der Waals surface area contributed by atoms with Gasteiger partial charge in [0, 0.05) is 32.2 Å². The summed E-state index contributed by atoms with van der Waals surface area (Å²) in [6, 6.07) is 15.7. The molecular weight excluding hydrogens is 393 g/mol. The Labute approximate surface area is 184 Å². The lowest BCUT2D eigenvalue weighted by molar-refractivity contribution is -0.126. The molecule has 1 N–H and O–H groups in total. The van der Waals surface area contributed by atoms with Crippen molar-refractivity contribution in [2.24, 2.45) is 0 Å². The first-order valence-electron chi connectivity index (χ1n) is 11.3. The van der Waals surface area contributed by atoms with Crippen molar-refractivity contribution in [3.05, 3.63) is 65.5 Å². The summed E-state index contributed by atoms with van der Waals surface area (Å²) in [5.41, 5.74) is 2.20. The Morgan fingerprint density at radius 3 is 2.52 bits per heavy atom. The lowest BCUT2D eigenvalue weighted by Gasteiger charge is -2.33. The minimum absolute atomic E-state index is 0.0273. The van der Waals surface area contributed by atoms with Gasteiger partial charge in [-0.3, -0.25) is 14.6 Å². The van der Waals surface area contributed by atoms with Crippen LogP contribution >= 0.6 is 0 Å². The first-order valence-corrected chi connectivity index (χ1v) is 11.3. The number of nitrogens with one attached hydrogen (secondary N) is 1. The third-order valence-corrected chi connectivity index (χ3v) is 6.45. The highest BCUT2D eigenvalue weighted by molar-refractivity contribution is 5.82. The number of rotatable bonds is 7. The number of hydrogen-bond acceptors (Lipinski definition) is 4. The standard InChI is InChI=1S/C25H32FN3O2/c1-31-24-10-9-20(16-22(24)26)17-28-14-11-21(12-15-28)27-25(30)23-8-5-13-29(23)18-19-6-3-2-4-7-19/h2-4,6-7,9-10,16,21,23H,5,8,11-15,17-18H2,1H3,(H,27,30). The molecule has 2 aliphatic heterocycles. The predicted molar refractivity (Wildman–Crippen MR) is 119 cm³/mol. The van der Waals surface area contributed by atoms with Crippen molar-refractivity contribution in [1.29, 1.82) is 0 Å². The lowest BCUT2D eigenvalue weighted by atomic mass is 10.0. The van der Waals surface area contributed by atoms with Crippen LogP contribution in [0.25, 0.3) is 0 Å². The van der Waals surface area contributed by atoms with Crippen LogP contribution in [0.3, 0.4) is 0 Å². The van der Waals surface area contributed by atoms with Gasteiger partial charge in [-0.2, -0.15) is 0 Å². The Hall–Kier alpha value is -2.44. The molecule has 6 heteroatoms. The molecular formula is C25H32FN3O2. The van der Waals surface area contributed by atoms with Crippen LogP contribution < -0.4 is 10.1 Å². The molecule has 5 nitrogen and oxygen atoms in total. The summed E-state index contributed by atoms with van der Waals surface area (Å²) < 4.78 is 18.9. The fraction of sp³-hybridized carbons (Fsp3) is 0.480. The second kappa shape index (κ2) is 10.2. The van der Waals surface area contributed by atoms with Crippen molar-refractivity contribution >= 4 is 5.91 Å². The van der Waals surface area contributed by atoms with Crippen LogP contribution in [0.5, 0.6) is 5.75 Å². The number of amides is 1. The summed E-state index contributed by atoms with van der Waals surface area (Å²) in [4.78, 5) is 17.6. The lowest BCUT2D eigenvalue weighted by Crippen LogP contribution is -2.50. The molecule has 0 bridgehead atoms. The maximum Gasteiger partial charge on any atom is 0.237 e. The van der Waals surface area contributed by atoms with Gasteiger partial charge >= 0.3 is 0 Å². The Kier molecular flexibility index (Phi) is 7.20. The minimum atomic E-state index is -0.321. The van der Waals surface area contributed by atoms with E-state index >= 15 is 0 Å². The molecule has 2 aliphatic rings. The van der Waals surface area contributed by atoms with E-state index in [-0.39, 0.29) is 29.6 Å². The van der Waals surface area contributed by atoms with E-state index in [1.165, 1.54) is 12.7 Å². The molecule has 2 fully saturated rings. The van der Waals surface area contributed by atoms with Crippen LogP contribution in [0.1, 0.15) is 36.8 Å². The molecule has 2 aromatic rings. The van der Waals surface area contributed by atoms with E-state index in [0.717, 1.165) is 64.0 Å².